The first kappa shape index (κ1) is 12.6. The van der Waals surface area contributed by atoms with Crippen molar-refractivity contribution in [1.82, 2.24) is 5.32 Å². The molecule has 0 aliphatic rings. The molecule has 0 aromatic heterocycles. The Morgan fingerprint density at radius 1 is 1.69 bits per heavy atom. The summed E-state index contributed by atoms with van der Waals surface area (Å²) in [5.41, 5.74) is 0. The van der Waals surface area contributed by atoms with E-state index in [0.29, 0.717) is 0 Å². The molecule has 0 bridgehead atoms. The zero-order valence-corrected chi connectivity index (χ0v) is 8.71. The van der Waals surface area contributed by atoms with Gasteiger partial charge in [0.05, 0.1) is 6.61 Å². The van der Waals surface area contributed by atoms with Crippen molar-refractivity contribution in [1.29, 1.82) is 0 Å². The SMILES string of the molecule is CNC(=O)C(COC)OP(C)(=O)O. The lowest BCUT2D eigenvalue weighted by Gasteiger charge is -2.16. The number of carbonyl (C=O) groups excluding carboxylic acids is 1. The highest BCUT2D eigenvalue weighted by molar-refractivity contribution is 7.51. The smallest absolute Gasteiger partial charge is 0.325 e. The number of hydrogen-bond donors (Lipinski definition) is 2. The maximum atomic E-state index is 11.0. The molecule has 0 saturated carbocycles. The van der Waals surface area contributed by atoms with E-state index in [0.717, 1.165) is 6.66 Å². The molecule has 0 spiro atoms. The molecule has 2 atom stereocenters. The molecule has 2 N–H and O–H groups in total. The van der Waals surface area contributed by atoms with E-state index >= 15 is 0 Å². The van der Waals surface area contributed by atoms with Crippen LogP contribution in [0.25, 0.3) is 0 Å². The van der Waals surface area contributed by atoms with Crippen LogP contribution in [-0.4, -0.2) is 44.3 Å². The molecule has 0 radical (unpaired) electrons. The first-order valence-corrected chi connectivity index (χ1v) is 5.62. The summed E-state index contributed by atoms with van der Waals surface area (Å²) in [4.78, 5) is 19.9. The molecule has 78 valence electrons. The number of rotatable bonds is 5. The maximum absolute atomic E-state index is 11.0. The van der Waals surface area contributed by atoms with Crippen LogP contribution in [0.4, 0.5) is 0 Å². The topological polar surface area (TPSA) is 84.9 Å². The second-order valence-corrected chi connectivity index (χ2v) is 4.28. The minimum Gasteiger partial charge on any atom is -0.381 e. The number of likely N-dealkylation sites (N-methyl/N-ethyl adjacent to an activating group) is 1. The molecular weight excluding hydrogens is 197 g/mol. The van der Waals surface area contributed by atoms with Crippen LogP contribution >= 0.6 is 7.60 Å². The Balaban J connectivity index is 4.26. The van der Waals surface area contributed by atoms with Crippen LogP contribution in [0.1, 0.15) is 0 Å². The van der Waals surface area contributed by atoms with Crippen molar-refractivity contribution in [3.63, 3.8) is 0 Å². The molecule has 0 fully saturated rings. The predicted molar refractivity (Wildman–Crippen MR) is 46.6 cm³/mol. The summed E-state index contributed by atoms with van der Waals surface area (Å²) < 4.78 is 20.1. The first-order valence-electron chi connectivity index (χ1n) is 3.60. The molecule has 1 amide bonds. The molecule has 0 aromatic rings. The number of ether oxygens (including phenoxy) is 1. The summed E-state index contributed by atoms with van der Waals surface area (Å²) >= 11 is 0. The van der Waals surface area contributed by atoms with Gasteiger partial charge in [-0.2, -0.15) is 0 Å². The zero-order valence-electron chi connectivity index (χ0n) is 7.81. The predicted octanol–water partition coefficient (Wildman–Crippen LogP) is -0.421. The van der Waals surface area contributed by atoms with Gasteiger partial charge in [-0.15, -0.1) is 0 Å². The van der Waals surface area contributed by atoms with Gasteiger partial charge in [-0.05, 0) is 0 Å². The van der Waals surface area contributed by atoms with E-state index in [-0.39, 0.29) is 6.61 Å². The number of methoxy groups -OCH3 is 1. The van der Waals surface area contributed by atoms with Gasteiger partial charge in [0.25, 0.3) is 5.91 Å². The fraction of sp³-hybridized carbons (Fsp3) is 0.833. The largest absolute Gasteiger partial charge is 0.381 e. The van der Waals surface area contributed by atoms with Gasteiger partial charge in [0, 0.05) is 20.8 Å². The van der Waals surface area contributed by atoms with Crippen molar-refractivity contribution >= 4 is 13.5 Å². The lowest BCUT2D eigenvalue weighted by molar-refractivity contribution is -0.130. The van der Waals surface area contributed by atoms with Gasteiger partial charge in [0.15, 0.2) is 6.10 Å². The summed E-state index contributed by atoms with van der Waals surface area (Å²) in [5, 5.41) is 2.30. The number of carbonyl (C=O) groups is 1. The molecule has 0 aliphatic carbocycles. The molecule has 7 heteroatoms. The van der Waals surface area contributed by atoms with Gasteiger partial charge in [-0.25, -0.2) is 0 Å². The average Bonchev–Trinajstić information content (AvgIpc) is 2.00. The third-order valence-corrected chi connectivity index (χ3v) is 1.83. The van der Waals surface area contributed by atoms with Crippen LogP contribution in [0.5, 0.6) is 0 Å². The van der Waals surface area contributed by atoms with Gasteiger partial charge < -0.3 is 14.9 Å². The van der Waals surface area contributed by atoms with E-state index < -0.39 is 19.6 Å². The second-order valence-electron chi connectivity index (χ2n) is 2.47. The quantitative estimate of drug-likeness (QED) is 0.603. The van der Waals surface area contributed by atoms with Gasteiger partial charge in [-0.3, -0.25) is 13.9 Å². The Hall–Kier alpha value is -0.420. The van der Waals surface area contributed by atoms with E-state index in [1.807, 2.05) is 0 Å². The molecule has 2 unspecified atom stereocenters. The summed E-state index contributed by atoms with van der Waals surface area (Å²) in [6.45, 7) is 0.955. The minimum atomic E-state index is -3.66. The maximum Gasteiger partial charge on any atom is 0.325 e. The Morgan fingerprint density at radius 3 is 2.54 bits per heavy atom. The van der Waals surface area contributed by atoms with Crippen LogP contribution < -0.4 is 5.32 Å². The Morgan fingerprint density at radius 2 is 2.23 bits per heavy atom. The Bertz CT molecular complexity index is 213. The Kier molecular flexibility index (Phi) is 5.17. The highest BCUT2D eigenvalue weighted by Gasteiger charge is 2.25. The highest BCUT2D eigenvalue weighted by Crippen LogP contribution is 2.38. The summed E-state index contributed by atoms with van der Waals surface area (Å²) in [6, 6.07) is 0. The van der Waals surface area contributed by atoms with Crippen LogP contribution in [-0.2, 0) is 18.6 Å². The van der Waals surface area contributed by atoms with Crippen molar-refractivity contribution in [3.05, 3.63) is 0 Å². The van der Waals surface area contributed by atoms with Gasteiger partial charge in [0.1, 0.15) is 0 Å². The van der Waals surface area contributed by atoms with E-state index in [9.17, 15) is 9.36 Å². The third-order valence-electron chi connectivity index (χ3n) is 1.18. The van der Waals surface area contributed by atoms with Gasteiger partial charge >= 0.3 is 7.60 Å². The second kappa shape index (κ2) is 5.34. The molecule has 0 rings (SSSR count). The van der Waals surface area contributed by atoms with Crippen molar-refractivity contribution in [2.24, 2.45) is 0 Å². The monoisotopic (exact) mass is 211 g/mol. The number of nitrogens with one attached hydrogen (secondary N) is 1. The van der Waals surface area contributed by atoms with Gasteiger partial charge in [0.2, 0.25) is 0 Å². The molecule has 0 aromatic carbocycles. The molecule has 0 heterocycles. The van der Waals surface area contributed by atoms with Crippen LogP contribution in [0.3, 0.4) is 0 Å². The third kappa shape index (κ3) is 5.76. The average molecular weight is 211 g/mol. The molecular formula is C6H14NO5P. The van der Waals surface area contributed by atoms with E-state index in [4.69, 9.17) is 4.89 Å². The molecule has 0 aliphatic heterocycles. The van der Waals surface area contributed by atoms with Crippen LogP contribution in [0.2, 0.25) is 0 Å². The lowest BCUT2D eigenvalue weighted by atomic mass is 10.3. The van der Waals surface area contributed by atoms with Gasteiger partial charge in [-0.1, -0.05) is 0 Å². The van der Waals surface area contributed by atoms with E-state index in [2.05, 4.69) is 14.6 Å². The normalized spacial score (nSPS) is 17.5. The van der Waals surface area contributed by atoms with Crippen molar-refractivity contribution in [2.45, 2.75) is 6.10 Å². The summed E-state index contributed by atoms with van der Waals surface area (Å²) in [6.07, 6.45) is -1.05. The fourth-order valence-corrected chi connectivity index (χ4v) is 1.33. The van der Waals surface area contributed by atoms with Crippen LogP contribution in [0.15, 0.2) is 0 Å². The van der Waals surface area contributed by atoms with Crippen molar-refractivity contribution < 1.29 is 23.5 Å². The highest BCUT2D eigenvalue weighted by atomic mass is 31.2. The summed E-state index contributed by atoms with van der Waals surface area (Å²) in [5.74, 6) is -0.488. The molecule has 13 heavy (non-hydrogen) atoms. The Labute approximate surface area is 76.8 Å². The van der Waals surface area contributed by atoms with Crippen molar-refractivity contribution in [2.75, 3.05) is 27.4 Å². The lowest BCUT2D eigenvalue weighted by Crippen LogP contribution is -2.36. The van der Waals surface area contributed by atoms with E-state index in [1.165, 1.54) is 14.2 Å². The standard InChI is InChI=1S/C6H14NO5P/c1-7-6(8)5(4-11-2)12-13(3,9)10/h5H,4H2,1-3H3,(H,7,8)(H,9,10). The number of hydrogen-bond acceptors (Lipinski definition) is 4. The number of amides is 1. The summed E-state index contributed by atoms with van der Waals surface area (Å²) in [7, 11) is -0.878. The minimum absolute atomic E-state index is 0.0575. The van der Waals surface area contributed by atoms with Crippen molar-refractivity contribution in [3.8, 4) is 0 Å². The zero-order chi connectivity index (χ0) is 10.5. The van der Waals surface area contributed by atoms with E-state index in [1.54, 1.807) is 0 Å². The van der Waals surface area contributed by atoms with Crippen LogP contribution in [0, 0.1) is 0 Å². The molecule has 0 saturated heterocycles. The first-order chi connectivity index (χ1) is 5.90. The fourth-order valence-electron chi connectivity index (χ4n) is 0.702. The molecule has 6 nitrogen and oxygen atoms in total.